The van der Waals surface area contributed by atoms with Gasteiger partial charge in [-0.15, -0.1) is 12.4 Å². The van der Waals surface area contributed by atoms with Crippen LogP contribution in [0.2, 0.25) is 0 Å². The number of hydrogen-bond donors (Lipinski definition) is 1. The van der Waals surface area contributed by atoms with Crippen LogP contribution in [0.3, 0.4) is 0 Å². The monoisotopic (exact) mass is 311 g/mol. The van der Waals surface area contributed by atoms with Gasteiger partial charge in [0.2, 0.25) is 0 Å². The molecule has 0 radical (unpaired) electrons. The Morgan fingerprint density at radius 2 is 2.00 bits per heavy atom. The first-order valence-electron chi connectivity index (χ1n) is 7.62. The first-order chi connectivity index (χ1) is 9.69. The van der Waals surface area contributed by atoms with Crippen molar-refractivity contribution in [1.29, 1.82) is 0 Å². The Bertz CT molecular complexity index is 462. The maximum Gasteiger partial charge on any atom is 0.305 e. The minimum atomic E-state index is -0.147. The van der Waals surface area contributed by atoms with E-state index in [1.807, 2.05) is 0 Å². The second-order valence-corrected chi connectivity index (χ2v) is 5.74. The van der Waals surface area contributed by atoms with E-state index in [0.29, 0.717) is 6.42 Å². The van der Waals surface area contributed by atoms with Crippen molar-refractivity contribution >= 4 is 18.4 Å². The molecular weight excluding hydrogens is 286 g/mol. The predicted octanol–water partition coefficient (Wildman–Crippen LogP) is 3.20. The summed E-state index contributed by atoms with van der Waals surface area (Å²) in [7, 11) is 1.43. The molecule has 1 unspecified atom stereocenters. The van der Waals surface area contributed by atoms with Crippen LogP contribution < -0.4 is 5.73 Å². The van der Waals surface area contributed by atoms with E-state index in [1.54, 1.807) is 0 Å². The highest BCUT2D eigenvalue weighted by molar-refractivity contribution is 5.85. The van der Waals surface area contributed by atoms with Gasteiger partial charge in [-0.3, -0.25) is 4.79 Å². The van der Waals surface area contributed by atoms with E-state index in [0.717, 1.165) is 19.3 Å². The summed E-state index contributed by atoms with van der Waals surface area (Å²) in [6.07, 6.45) is 8.09. The van der Waals surface area contributed by atoms with Crippen LogP contribution in [0.4, 0.5) is 0 Å². The van der Waals surface area contributed by atoms with Crippen molar-refractivity contribution < 1.29 is 9.53 Å². The second-order valence-electron chi connectivity index (χ2n) is 5.74. The Morgan fingerprint density at radius 1 is 1.29 bits per heavy atom. The third-order valence-electron chi connectivity index (χ3n) is 4.09. The van der Waals surface area contributed by atoms with Crippen molar-refractivity contribution in [2.75, 3.05) is 7.11 Å². The fourth-order valence-corrected chi connectivity index (χ4v) is 2.93. The van der Waals surface area contributed by atoms with Crippen molar-refractivity contribution in [1.82, 2.24) is 0 Å². The zero-order valence-electron chi connectivity index (χ0n) is 12.8. The standard InChI is InChI=1S/C17H25NO2.ClH/c1-20-17(19)8-4-7-16(18)12-13-9-10-14-5-2-3-6-15(14)11-13;/h9-11,16H,2-8,12,18H2,1H3;1H. The lowest BCUT2D eigenvalue weighted by Crippen LogP contribution is -2.23. The molecule has 0 bridgehead atoms. The number of fused-ring (bicyclic) bond motifs is 1. The Morgan fingerprint density at radius 3 is 2.71 bits per heavy atom. The third-order valence-corrected chi connectivity index (χ3v) is 4.09. The van der Waals surface area contributed by atoms with E-state index in [-0.39, 0.29) is 24.4 Å². The minimum Gasteiger partial charge on any atom is -0.469 e. The summed E-state index contributed by atoms with van der Waals surface area (Å²) in [5.74, 6) is -0.147. The number of esters is 1. The molecule has 1 aliphatic rings. The lowest BCUT2D eigenvalue weighted by Gasteiger charge is -2.18. The van der Waals surface area contributed by atoms with Crippen molar-refractivity contribution in [3.8, 4) is 0 Å². The molecule has 3 nitrogen and oxygen atoms in total. The molecule has 0 saturated heterocycles. The number of methoxy groups -OCH3 is 1. The molecule has 0 amide bonds. The van der Waals surface area contributed by atoms with Gasteiger partial charge in [0, 0.05) is 12.5 Å². The summed E-state index contributed by atoms with van der Waals surface area (Å²) in [6, 6.07) is 6.94. The Hall–Kier alpha value is -1.06. The van der Waals surface area contributed by atoms with Gasteiger partial charge >= 0.3 is 5.97 Å². The lowest BCUT2D eigenvalue weighted by atomic mass is 9.89. The number of benzene rings is 1. The molecule has 0 fully saturated rings. The molecule has 1 aromatic carbocycles. The van der Waals surface area contributed by atoms with Crippen LogP contribution in [0.15, 0.2) is 18.2 Å². The molecule has 0 heterocycles. The van der Waals surface area contributed by atoms with Gasteiger partial charge in [0.25, 0.3) is 0 Å². The van der Waals surface area contributed by atoms with Gasteiger partial charge in [-0.1, -0.05) is 18.2 Å². The van der Waals surface area contributed by atoms with Gasteiger partial charge in [-0.25, -0.2) is 0 Å². The van der Waals surface area contributed by atoms with Crippen molar-refractivity contribution in [3.05, 3.63) is 34.9 Å². The molecule has 0 aromatic heterocycles. The van der Waals surface area contributed by atoms with Gasteiger partial charge in [0.05, 0.1) is 7.11 Å². The van der Waals surface area contributed by atoms with Gasteiger partial charge in [0.15, 0.2) is 0 Å². The number of halogens is 1. The predicted molar refractivity (Wildman–Crippen MR) is 87.9 cm³/mol. The van der Waals surface area contributed by atoms with E-state index in [1.165, 1.54) is 49.5 Å². The highest BCUT2D eigenvalue weighted by atomic mass is 35.5. The third kappa shape index (κ3) is 5.68. The van der Waals surface area contributed by atoms with E-state index >= 15 is 0 Å². The lowest BCUT2D eigenvalue weighted by molar-refractivity contribution is -0.140. The Kier molecular flexibility index (Phi) is 7.76. The molecule has 1 aromatic rings. The van der Waals surface area contributed by atoms with Crippen LogP contribution in [-0.4, -0.2) is 19.1 Å². The summed E-state index contributed by atoms with van der Waals surface area (Å²) < 4.78 is 4.63. The first-order valence-corrected chi connectivity index (χ1v) is 7.62. The molecule has 2 rings (SSSR count). The second kappa shape index (κ2) is 9.06. The Balaban J connectivity index is 0.00000220. The van der Waals surface area contributed by atoms with Crippen LogP contribution in [0, 0.1) is 0 Å². The van der Waals surface area contributed by atoms with Crippen LogP contribution in [0.1, 0.15) is 48.8 Å². The molecule has 0 aliphatic heterocycles. The molecule has 21 heavy (non-hydrogen) atoms. The number of ether oxygens (including phenoxy) is 1. The summed E-state index contributed by atoms with van der Waals surface area (Å²) >= 11 is 0. The molecule has 2 N–H and O–H groups in total. The normalized spacial score (nSPS) is 14.8. The maximum absolute atomic E-state index is 11.0. The van der Waals surface area contributed by atoms with E-state index in [9.17, 15) is 4.79 Å². The highest BCUT2D eigenvalue weighted by Crippen LogP contribution is 2.23. The number of carbonyl (C=O) groups is 1. The fraction of sp³-hybridized carbons (Fsp3) is 0.588. The quantitative estimate of drug-likeness (QED) is 0.821. The topological polar surface area (TPSA) is 52.3 Å². The summed E-state index contributed by atoms with van der Waals surface area (Å²) in [6.45, 7) is 0. The van der Waals surface area contributed by atoms with E-state index < -0.39 is 0 Å². The van der Waals surface area contributed by atoms with Crippen LogP contribution in [0.5, 0.6) is 0 Å². The average molecular weight is 312 g/mol. The summed E-state index contributed by atoms with van der Waals surface area (Å²) in [5, 5.41) is 0. The highest BCUT2D eigenvalue weighted by Gasteiger charge is 2.11. The van der Waals surface area contributed by atoms with Gasteiger partial charge in [-0.2, -0.15) is 0 Å². The molecule has 0 spiro atoms. The number of hydrogen-bond acceptors (Lipinski definition) is 3. The summed E-state index contributed by atoms with van der Waals surface area (Å²) in [4.78, 5) is 11.0. The molecule has 4 heteroatoms. The van der Waals surface area contributed by atoms with Crippen LogP contribution in [-0.2, 0) is 28.8 Å². The Labute approximate surface area is 133 Å². The molecule has 1 atom stereocenters. The van der Waals surface area contributed by atoms with E-state index in [4.69, 9.17) is 5.73 Å². The minimum absolute atomic E-state index is 0. The van der Waals surface area contributed by atoms with E-state index in [2.05, 4.69) is 22.9 Å². The first kappa shape index (κ1) is 18.0. The van der Waals surface area contributed by atoms with Crippen molar-refractivity contribution in [2.24, 2.45) is 5.73 Å². The molecule has 118 valence electrons. The molecule has 1 aliphatic carbocycles. The fourth-order valence-electron chi connectivity index (χ4n) is 2.93. The van der Waals surface area contributed by atoms with Crippen molar-refractivity contribution in [3.63, 3.8) is 0 Å². The number of aryl methyl sites for hydroxylation is 2. The smallest absolute Gasteiger partial charge is 0.305 e. The zero-order chi connectivity index (χ0) is 14.4. The summed E-state index contributed by atoms with van der Waals surface area (Å²) in [5.41, 5.74) is 10.5. The molecular formula is C17H26ClNO2. The largest absolute Gasteiger partial charge is 0.469 e. The van der Waals surface area contributed by atoms with Gasteiger partial charge in [-0.05, 0) is 61.6 Å². The van der Waals surface area contributed by atoms with Gasteiger partial charge < -0.3 is 10.5 Å². The number of nitrogens with two attached hydrogens (primary N) is 1. The maximum atomic E-state index is 11.0. The van der Waals surface area contributed by atoms with Gasteiger partial charge in [0.1, 0.15) is 0 Å². The zero-order valence-corrected chi connectivity index (χ0v) is 13.6. The molecule has 0 saturated carbocycles. The average Bonchev–Trinajstić information content (AvgIpc) is 2.47. The van der Waals surface area contributed by atoms with Crippen LogP contribution >= 0.6 is 12.4 Å². The SMILES string of the molecule is COC(=O)CCCC(N)Cc1ccc2c(c1)CCCC2.Cl. The number of rotatable bonds is 6. The van der Waals surface area contributed by atoms with Crippen LogP contribution in [0.25, 0.3) is 0 Å². The number of carbonyl (C=O) groups excluding carboxylic acids is 1. The van der Waals surface area contributed by atoms with Crippen molar-refractivity contribution in [2.45, 2.75) is 57.4 Å².